The number of hydrogen-bond donors (Lipinski definition) is 0. The molecule has 0 amide bonds. The first-order valence-electron chi connectivity index (χ1n) is 6.04. The lowest BCUT2D eigenvalue weighted by Crippen LogP contribution is -2.17. The summed E-state index contributed by atoms with van der Waals surface area (Å²) in [6, 6.07) is 7.27. The molecule has 0 fully saturated rings. The van der Waals surface area contributed by atoms with E-state index in [9.17, 15) is 22.4 Å². The van der Waals surface area contributed by atoms with Crippen molar-refractivity contribution in [3.63, 3.8) is 0 Å². The molecule has 22 heavy (non-hydrogen) atoms. The fourth-order valence-corrected chi connectivity index (χ4v) is 1.74. The van der Waals surface area contributed by atoms with Gasteiger partial charge in [0, 0.05) is 0 Å². The second-order valence-electron chi connectivity index (χ2n) is 4.25. The van der Waals surface area contributed by atoms with Crippen molar-refractivity contribution in [3.05, 3.63) is 59.4 Å². The lowest BCUT2D eigenvalue weighted by molar-refractivity contribution is -0.138. The summed E-state index contributed by atoms with van der Waals surface area (Å²) in [4.78, 5) is 11.9. The van der Waals surface area contributed by atoms with Crippen LogP contribution in [0.2, 0.25) is 0 Å². The van der Waals surface area contributed by atoms with Gasteiger partial charge in [-0.3, -0.25) is 0 Å². The summed E-state index contributed by atoms with van der Waals surface area (Å²) < 4.78 is 61.4. The molecule has 0 saturated carbocycles. The highest BCUT2D eigenvalue weighted by molar-refractivity contribution is 5.92. The van der Waals surface area contributed by atoms with Gasteiger partial charge < -0.3 is 9.47 Å². The van der Waals surface area contributed by atoms with Crippen molar-refractivity contribution in [1.82, 2.24) is 0 Å². The number of carbonyl (C=O) groups excluding carboxylic acids is 1. The van der Waals surface area contributed by atoms with Crippen LogP contribution < -0.4 is 9.47 Å². The monoisotopic (exact) mass is 314 g/mol. The molecule has 0 bridgehead atoms. The molecule has 0 spiro atoms. The Bertz CT molecular complexity index is 678. The highest BCUT2D eigenvalue weighted by Gasteiger charge is 2.36. The van der Waals surface area contributed by atoms with Crippen molar-refractivity contribution in [1.29, 1.82) is 0 Å². The minimum atomic E-state index is -4.79. The number of esters is 1. The Morgan fingerprint density at radius 2 is 1.59 bits per heavy atom. The Balaban J connectivity index is 2.30. The van der Waals surface area contributed by atoms with Crippen molar-refractivity contribution in [2.24, 2.45) is 0 Å². The second-order valence-corrected chi connectivity index (χ2v) is 4.25. The van der Waals surface area contributed by atoms with Crippen LogP contribution in [0.3, 0.4) is 0 Å². The molecule has 7 heteroatoms. The third-order valence-electron chi connectivity index (χ3n) is 2.78. The number of hydrogen-bond acceptors (Lipinski definition) is 3. The van der Waals surface area contributed by atoms with Gasteiger partial charge in [-0.25, -0.2) is 9.18 Å². The Morgan fingerprint density at radius 3 is 2.14 bits per heavy atom. The lowest BCUT2D eigenvalue weighted by Gasteiger charge is -2.12. The van der Waals surface area contributed by atoms with Crippen LogP contribution in [-0.2, 0) is 6.18 Å². The van der Waals surface area contributed by atoms with E-state index in [2.05, 4.69) is 0 Å². The Morgan fingerprint density at radius 1 is 1.00 bits per heavy atom. The third kappa shape index (κ3) is 3.55. The predicted molar refractivity (Wildman–Crippen MR) is 69.4 cm³/mol. The largest absolute Gasteiger partial charge is 0.497 e. The van der Waals surface area contributed by atoms with Crippen molar-refractivity contribution >= 4 is 5.97 Å². The summed E-state index contributed by atoms with van der Waals surface area (Å²) in [5.74, 6) is -1.75. The summed E-state index contributed by atoms with van der Waals surface area (Å²) in [5.41, 5.74) is -2.14. The van der Waals surface area contributed by atoms with E-state index < -0.39 is 29.1 Å². The van der Waals surface area contributed by atoms with Gasteiger partial charge in [-0.1, -0.05) is 0 Å². The topological polar surface area (TPSA) is 35.5 Å². The molecule has 0 N–H and O–H groups in total. The summed E-state index contributed by atoms with van der Waals surface area (Å²) in [5, 5.41) is 0. The average Bonchev–Trinajstić information content (AvgIpc) is 2.46. The molecule has 0 aliphatic heterocycles. The van der Waals surface area contributed by atoms with Gasteiger partial charge in [-0.15, -0.1) is 0 Å². The number of carbonyl (C=O) groups is 1. The van der Waals surface area contributed by atoms with Crippen LogP contribution in [0.25, 0.3) is 0 Å². The molecule has 116 valence electrons. The molecule has 0 radical (unpaired) electrons. The molecule has 0 heterocycles. The van der Waals surface area contributed by atoms with Crippen molar-refractivity contribution in [2.45, 2.75) is 6.18 Å². The maximum absolute atomic E-state index is 13.1. The Hall–Kier alpha value is -2.57. The Kier molecular flexibility index (Phi) is 4.35. The van der Waals surface area contributed by atoms with Crippen molar-refractivity contribution in [3.8, 4) is 11.5 Å². The zero-order valence-electron chi connectivity index (χ0n) is 11.3. The molecular formula is C15H10F4O3. The number of rotatable bonds is 3. The second kappa shape index (κ2) is 6.05. The van der Waals surface area contributed by atoms with E-state index in [-0.39, 0.29) is 5.75 Å². The lowest BCUT2D eigenvalue weighted by atomic mass is 10.1. The van der Waals surface area contributed by atoms with E-state index >= 15 is 0 Å². The third-order valence-corrected chi connectivity index (χ3v) is 2.78. The van der Waals surface area contributed by atoms with Crippen LogP contribution in [-0.4, -0.2) is 13.1 Å². The standard InChI is InChI=1S/C15H10F4O3/c1-21-10-3-5-11(6-4-10)22-14(20)12-8-9(16)2-7-13(12)15(17,18)19/h2-8H,1H3. The van der Waals surface area contributed by atoms with Gasteiger partial charge in [-0.2, -0.15) is 13.2 Å². The normalized spacial score (nSPS) is 11.1. The first-order chi connectivity index (χ1) is 10.3. The van der Waals surface area contributed by atoms with Crippen LogP contribution in [0.15, 0.2) is 42.5 Å². The number of benzene rings is 2. The minimum Gasteiger partial charge on any atom is -0.497 e. The van der Waals surface area contributed by atoms with Crippen molar-refractivity contribution < 1.29 is 31.8 Å². The molecule has 0 atom stereocenters. The smallest absolute Gasteiger partial charge is 0.417 e. The SMILES string of the molecule is COc1ccc(OC(=O)c2cc(F)ccc2C(F)(F)F)cc1. The minimum absolute atomic E-state index is 0.0168. The number of halogens is 4. The van der Waals surface area contributed by atoms with E-state index in [1.807, 2.05) is 0 Å². The van der Waals surface area contributed by atoms with E-state index in [0.717, 1.165) is 0 Å². The summed E-state index contributed by atoms with van der Waals surface area (Å²) >= 11 is 0. The zero-order valence-corrected chi connectivity index (χ0v) is 11.3. The van der Waals surface area contributed by atoms with E-state index in [1.165, 1.54) is 31.4 Å². The molecule has 0 aromatic heterocycles. The fraction of sp³-hybridized carbons (Fsp3) is 0.133. The fourth-order valence-electron chi connectivity index (χ4n) is 1.74. The Labute approximate surface area is 123 Å². The van der Waals surface area contributed by atoms with Crippen LogP contribution in [0.4, 0.5) is 17.6 Å². The van der Waals surface area contributed by atoms with Gasteiger partial charge in [0.25, 0.3) is 0 Å². The molecule has 0 aliphatic carbocycles. The van der Waals surface area contributed by atoms with Gasteiger partial charge in [0.2, 0.25) is 0 Å². The van der Waals surface area contributed by atoms with Crippen molar-refractivity contribution in [2.75, 3.05) is 7.11 Å². The summed E-state index contributed by atoms with van der Waals surface area (Å²) in [6.07, 6.45) is -4.79. The van der Waals surface area contributed by atoms with Gasteiger partial charge in [-0.05, 0) is 42.5 Å². The number of methoxy groups -OCH3 is 1. The molecule has 3 nitrogen and oxygen atoms in total. The molecule has 2 aromatic carbocycles. The van der Waals surface area contributed by atoms with Gasteiger partial charge >= 0.3 is 12.1 Å². The van der Waals surface area contributed by atoms with E-state index in [0.29, 0.717) is 23.9 Å². The van der Waals surface area contributed by atoms with Gasteiger partial charge in [0.05, 0.1) is 18.2 Å². The predicted octanol–water partition coefficient (Wildman–Crippen LogP) is 4.07. The maximum atomic E-state index is 13.1. The summed E-state index contributed by atoms with van der Waals surface area (Å²) in [7, 11) is 1.43. The van der Waals surface area contributed by atoms with Crippen LogP contribution >= 0.6 is 0 Å². The average molecular weight is 314 g/mol. The van der Waals surface area contributed by atoms with Crippen LogP contribution in [0, 0.1) is 5.82 Å². The van der Waals surface area contributed by atoms with Gasteiger partial charge in [0.15, 0.2) is 0 Å². The highest BCUT2D eigenvalue weighted by Crippen LogP contribution is 2.33. The first kappa shape index (κ1) is 15.8. The number of alkyl halides is 3. The molecular weight excluding hydrogens is 304 g/mol. The van der Waals surface area contributed by atoms with Crippen LogP contribution in [0.5, 0.6) is 11.5 Å². The quantitative estimate of drug-likeness (QED) is 0.487. The summed E-state index contributed by atoms with van der Waals surface area (Å²) in [6.45, 7) is 0. The molecule has 0 saturated heterocycles. The maximum Gasteiger partial charge on any atom is 0.417 e. The molecule has 0 aliphatic rings. The van der Waals surface area contributed by atoms with E-state index in [1.54, 1.807) is 0 Å². The van der Waals surface area contributed by atoms with Crippen LogP contribution in [0.1, 0.15) is 15.9 Å². The van der Waals surface area contributed by atoms with E-state index in [4.69, 9.17) is 9.47 Å². The first-order valence-corrected chi connectivity index (χ1v) is 6.04. The molecule has 0 unspecified atom stereocenters. The van der Waals surface area contributed by atoms with Gasteiger partial charge in [0.1, 0.15) is 17.3 Å². The molecule has 2 aromatic rings. The highest BCUT2D eigenvalue weighted by atomic mass is 19.4. The molecule has 2 rings (SSSR count). The zero-order chi connectivity index (χ0) is 16.3. The number of ether oxygens (including phenoxy) is 2.